The van der Waals surface area contributed by atoms with Gasteiger partial charge in [0.05, 0.1) is 15.7 Å². The molecule has 2 fully saturated rings. The Hall–Kier alpha value is -1.26. The predicted molar refractivity (Wildman–Crippen MR) is 82.7 cm³/mol. The Labute approximate surface area is 133 Å². The summed E-state index contributed by atoms with van der Waals surface area (Å²) in [6.45, 7) is 2.09. The number of carbonyl (C=O) groups excluding carboxylic acids is 2. The fourth-order valence-corrected chi connectivity index (χ4v) is 3.50. The van der Waals surface area contributed by atoms with Gasteiger partial charge in [0.2, 0.25) is 5.91 Å². The lowest BCUT2D eigenvalue weighted by atomic mass is 9.94. The van der Waals surface area contributed by atoms with E-state index in [2.05, 4.69) is 5.32 Å². The number of nitrogens with one attached hydrogen (secondary N) is 1. The zero-order valence-electron chi connectivity index (χ0n) is 11.7. The molecule has 1 aromatic carbocycles. The van der Waals surface area contributed by atoms with E-state index in [-0.39, 0.29) is 30.7 Å². The molecule has 2 aliphatic rings. The number of carbonyl (C=O) groups is 2. The van der Waals surface area contributed by atoms with E-state index < -0.39 is 5.54 Å². The van der Waals surface area contributed by atoms with Gasteiger partial charge in [0.1, 0.15) is 5.54 Å². The number of amides is 2. The van der Waals surface area contributed by atoms with Gasteiger partial charge in [-0.2, -0.15) is 0 Å². The van der Waals surface area contributed by atoms with Crippen molar-refractivity contribution < 1.29 is 9.59 Å². The minimum atomic E-state index is -0.865. The first-order valence-electron chi connectivity index (χ1n) is 7.00. The zero-order chi connectivity index (χ0) is 15.2. The van der Waals surface area contributed by atoms with Crippen LogP contribution in [0.1, 0.15) is 26.2 Å². The second kappa shape index (κ2) is 5.18. The van der Waals surface area contributed by atoms with Gasteiger partial charge in [-0.15, -0.1) is 0 Å². The molecule has 21 heavy (non-hydrogen) atoms. The average molecular weight is 327 g/mol. The standard InChI is InChI=1S/C15H16Cl2N2O2/c1-15(9-5-6-9)14(21)19(8-7-12(20)18-15)13-10(16)3-2-4-11(13)17/h2-4,9H,5-8H2,1H3,(H,18,20). The first kappa shape index (κ1) is 14.7. The molecule has 112 valence electrons. The van der Waals surface area contributed by atoms with Gasteiger partial charge in [-0.25, -0.2) is 0 Å². The fourth-order valence-electron chi connectivity index (χ4n) is 2.90. The van der Waals surface area contributed by atoms with Crippen LogP contribution in [0.25, 0.3) is 0 Å². The fraction of sp³-hybridized carbons (Fsp3) is 0.467. The second-order valence-corrected chi connectivity index (χ2v) is 6.62. The van der Waals surface area contributed by atoms with Crippen LogP contribution in [0.2, 0.25) is 10.0 Å². The summed E-state index contributed by atoms with van der Waals surface area (Å²) in [6.07, 6.45) is 2.15. The minimum Gasteiger partial charge on any atom is -0.342 e. The summed E-state index contributed by atoms with van der Waals surface area (Å²) in [6, 6.07) is 5.13. The molecule has 1 aliphatic carbocycles. The zero-order valence-corrected chi connectivity index (χ0v) is 13.2. The number of anilines is 1. The van der Waals surface area contributed by atoms with E-state index in [4.69, 9.17) is 23.2 Å². The van der Waals surface area contributed by atoms with Gasteiger partial charge in [-0.05, 0) is 37.8 Å². The van der Waals surface area contributed by atoms with Crippen molar-refractivity contribution in [2.45, 2.75) is 31.7 Å². The number of hydrogen-bond acceptors (Lipinski definition) is 2. The summed E-state index contributed by atoms with van der Waals surface area (Å²) in [7, 11) is 0. The topological polar surface area (TPSA) is 49.4 Å². The van der Waals surface area contributed by atoms with Gasteiger partial charge in [-0.1, -0.05) is 29.3 Å². The summed E-state index contributed by atoms with van der Waals surface area (Å²) < 4.78 is 0. The van der Waals surface area contributed by atoms with Crippen LogP contribution in [-0.2, 0) is 9.59 Å². The molecule has 1 unspecified atom stereocenters. The first-order chi connectivity index (χ1) is 9.93. The monoisotopic (exact) mass is 326 g/mol. The van der Waals surface area contributed by atoms with Crippen LogP contribution in [0.3, 0.4) is 0 Å². The molecule has 2 amide bonds. The van der Waals surface area contributed by atoms with Gasteiger partial charge < -0.3 is 10.2 Å². The molecule has 1 aliphatic heterocycles. The van der Waals surface area contributed by atoms with Crippen molar-refractivity contribution in [1.29, 1.82) is 0 Å². The summed E-state index contributed by atoms with van der Waals surface area (Å²) in [5, 5.41) is 3.73. The van der Waals surface area contributed by atoms with Crippen LogP contribution in [-0.4, -0.2) is 23.9 Å². The van der Waals surface area contributed by atoms with E-state index in [1.165, 1.54) is 0 Å². The lowest BCUT2D eigenvalue weighted by Gasteiger charge is -2.33. The highest BCUT2D eigenvalue weighted by Crippen LogP contribution is 2.43. The highest BCUT2D eigenvalue weighted by molar-refractivity contribution is 6.40. The van der Waals surface area contributed by atoms with E-state index in [1.54, 1.807) is 30.0 Å². The molecular formula is C15H16Cl2N2O2. The predicted octanol–water partition coefficient (Wildman–Crippen LogP) is 3.02. The van der Waals surface area contributed by atoms with Crippen LogP contribution in [0, 0.1) is 5.92 Å². The summed E-state index contributed by atoms with van der Waals surface area (Å²) in [5.74, 6) is -0.0508. The Morgan fingerprint density at radius 1 is 1.24 bits per heavy atom. The Bertz CT molecular complexity index is 595. The Balaban J connectivity index is 2.05. The van der Waals surface area contributed by atoms with Crippen molar-refractivity contribution in [3.05, 3.63) is 28.2 Å². The maximum atomic E-state index is 13.0. The molecule has 0 bridgehead atoms. The average Bonchev–Trinajstić information content (AvgIpc) is 3.25. The lowest BCUT2D eigenvalue weighted by molar-refractivity contribution is -0.130. The molecule has 4 nitrogen and oxygen atoms in total. The lowest BCUT2D eigenvalue weighted by Crippen LogP contribution is -2.57. The molecule has 1 saturated heterocycles. The number of benzene rings is 1. The molecule has 1 heterocycles. The molecular weight excluding hydrogens is 311 g/mol. The van der Waals surface area contributed by atoms with Gasteiger partial charge in [-0.3, -0.25) is 9.59 Å². The summed E-state index contributed by atoms with van der Waals surface area (Å²) in [4.78, 5) is 26.5. The van der Waals surface area contributed by atoms with E-state index in [0.29, 0.717) is 15.7 Å². The Kier molecular flexibility index (Phi) is 3.62. The third kappa shape index (κ3) is 2.51. The highest BCUT2D eigenvalue weighted by atomic mass is 35.5. The summed E-state index contributed by atoms with van der Waals surface area (Å²) >= 11 is 12.4. The summed E-state index contributed by atoms with van der Waals surface area (Å²) in [5.41, 5.74) is -0.370. The first-order valence-corrected chi connectivity index (χ1v) is 7.76. The number of halogens is 2. The maximum absolute atomic E-state index is 13.0. The SMILES string of the molecule is CC1(C2CC2)NC(=O)CCN(c2c(Cl)cccc2Cl)C1=O. The third-order valence-electron chi connectivity index (χ3n) is 4.25. The van der Waals surface area contributed by atoms with E-state index in [0.717, 1.165) is 12.8 Å². The van der Waals surface area contributed by atoms with Crippen LogP contribution in [0.15, 0.2) is 18.2 Å². The number of nitrogens with zero attached hydrogens (tertiary/aromatic N) is 1. The maximum Gasteiger partial charge on any atom is 0.252 e. The van der Waals surface area contributed by atoms with Gasteiger partial charge in [0, 0.05) is 13.0 Å². The van der Waals surface area contributed by atoms with E-state index in [1.807, 2.05) is 0 Å². The highest BCUT2D eigenvalue weighted by Gasteiger charge is 2.51. The Morgan fingerprint density at radius 3 is 2.43 bits per heavy atom. The second-order valence-electron chi connectivity index (χ2n) is 5.80. The van der Waals surface area contributed by atoms with Gasteiger partial charge >= 0.3 is 0 Å². The Morgan fingerprint density at radius 2 is 1.86 bits per heavy atom. The van der Waals surface area contributed by atoms with Crippen LogP contribution < -0.4 is 10.2 Å². The minimum absolute atomic E-state index is 0.108. The third-order valence-corrected chi connectivity index (χ3v) is 4.86. The van der Waals surface area contributed by atoms with Crippen LogP contribution >= 0.6 is 23.2 Å². The van der Waals surface area contributed by atoms with Gasteiger partial charge in [0.25, 0.3) is 5.91 Å². The number of para-hydroxylation sites is 1. The quantitative estimate of drug-likeness (QED) is 0.908. The van der Waals surface area contributed by atoms with Crippen molar-refractivity contribution in [3.63, 3.8) is 0 Å². The molecule has 1 saturated carbocycles. The van der Waals surface area contributed by atoms with Crippen molar-refractivity contribution in [1.82, 2.24) is 5.32 Å². The molecule has 6 heteroatoms. The number of rotatable bonds is 2. The molecule has 0 spiro atoms. The van der Waals surface area contributed by atoms with Crippen LogP contribution in [0.4, 0.5) is 5.69 Å². The molecule has 3 rings (SSSR count). The van der Waals surface area contributed by atoms with Gasteiger partial charge in [0.15, 0.2) is 0 Å². The number of hydrogen-bond donors (Lipinski definition) is 1. The molecule has 1 atom stereocenters. The molecule has 1 aromatic rings. The van der Waals surface area contributed by atoms with Crippen LogP contribution in [0.5, 0.6) is 0 Å². The van der Waals surface area contributed by atoms with E-state index >= 15 is 0 Å². The van der Waals surface area contributed by atoms with Crippen molar-refractivity contribution in [2.24, 2.45) is 5.92 Å². The smallest absolute Gasteiger partial charge is 0.252 e. The molecule has 0 aromatic heterocycles. The van der Waals surface area contributed by atoms with E-state index in [9.17, 15) is 9.59 Å². The molecule has 1 N–H and O–H groups in total. The van der Waals surface area contributed by atoms with Crippen molar-refractivity contribution in [2.75, 3.05) is 11.4 Å². The normalized spacial score (nSPS) is 26.5. The van der Waals surface area contributed by atoms with Crippen molar-refractivity contribution >= 4 is 40.7 Å². The molecule has 0 radical (unpaired) electrons. The largest absolute Gasteiger partial charge is 0.342 e. The van der Waals surface area contributed by atoms with Crippen molar-refractivity contribution in [3.8, 4) is 0 Å².